The van der Waals surface area contributed by atoms with Gasteiger partial charge in [-0.05, 0) is 77.0 Å². The molecular weight excluding hydrogens is 441 g/mol. The minimum atomic E-state index is -0.414. The van der Waals surface area contributed by atoms with E-state index in [4.69, 9.17) is 17.0 Å². The maximum atomic E-state index is 16.0. The molecule has 1 saturated heterocycles. The van der Waals surface area contributed by atoms with Crippen LogP contribution in [0, 0.1) is 12.7 Å². The van der Waals surface area contributed by atoms with E-state index in [1.165, 1.54) is 22.9 Å². The van der Waals surface area contributed by atoms with Crippen LogP contribution in [-0.2, 0) is 22.0 Å². The maximum absolute atomic E-state index is 16.0. The second kappa shape index (κ2) is 8.14. The second-order valence-electron chi connectivity index (χ2n) is 10.2. The van der Waals surface area contributed by atoms with Crippen molar-refractivity contribution >= 4 is 34.2 Å². The number of amides is 1. The maximum Gasteiger partial charge on any atom is 0.239 e. The van der Waals surface area contributed by atoms with Crippen LogP contribution in [0.2, 0.25) is 0 Å². The summed E-state index contributed by atoms with van der Waals surface area (Å²) in [6.45, 7) is 11.1. The Morgan fingerprint density at radius 1 is 1.16 bits per heavy atom. The van der Waals surface area contributed by atoms with Gasteiger partial charge >= 0.3 is 0 Å². The lowest BCUT2D eigenvalue weighted by Gasteiger charge is -2.42. The second-order valence-corrected chi connectivity index (χ2v) is 12.1. The number of nitrogens with one attached hydrogen (secondary N) is 1. The zero-order valence-electron chi connectivity index (χ0n) is 19.5. The number of methoxy groups -OCH3 is 1. The zero-order valence-corrected chi connectivity index (χ0v) is 21.2. The molecule has 1 unspecified atom stereocenters. The van der Waals surface area contributed by atoms with Gasteiger partial charge in [-0.3, -0.25) is 4.79 Å². The Morgan fingerprint density at radius 3 is 2.34 bits per heavy atom. The molecule has 1 fully saturated rings. The minimum absolute atomic E-state index is 0.0168. The fourth-order valence-corrected chi connectivity index (χ4v) is 6.19. The highest BCUT2D eigenvalue weighted by Gasteiger charge is 2.38. The Morgan fingerprint density at radius 2 is 1.78 bits per heavy atom. The van der Waals surface area contributed by atoms with Crippen molar-refractivity contribution in [2.24, 2.45) is 0 Å². The van der Waals surface area contributed by atoms with Gasteiger partial charge in [-0.25, -0.2) is 4.39 Å². The van der Waals surface area contributed by atoms with E-state index < -0.39 is 5.25 Å². The molecule has 0 bridgehead atoms. The van der Waals surface area contributed by atoms with Gasteiger partial charge in [-0.1, -0.05) is 63.8 Å². The predicted octanol–water partition coefficient (Wildman–Crippen LogP) is 6.22. The summed E-state index contributed by atoms with van der Waals surface area (Å²) in [5.41, 5.74) is 5.57. The summed E-state index contributed by atoms with van der Waals surface area (Å²) in [5, 5.41) is 2.23. The molecule has 0 radical (unpaired) electrons. The molecule has 1 heterocycles. The molecule has 1 amide bonds. The van der Waals surface area contributed by atoms with Crippen LogP contribution in [0.15, 0.2) is 24.3 Å². The van der Waals surface area contributed by atoms with Crippen molar-refractivity contribution in [2.75, 3.05) is 7.11 Å². The topological polar surface area (TPSA) is 38.3 Å². The fraction of sp³-hybridized carbons (Fsp3) is 0.462. The summed E-state index contributed by atoms with van der Waals surface area (Å²) >= 11 is 6.38. The van der Waals surface area contributed by atoms with Crippen LogP contribution in [0.25, 0.3) is 11.1 Å². The summed E-state index contributed by atoms with van der Waals surface area (Å²) in [5.74, 6) is 0.0124. The van der Waals surface area contributed by atoms with Crippen molar-refractivity contribution in [3.8, 4) is 16.9 Å². The number of benzene rings is 2. The first kappa shape index (κ1) is 23.2. The Labute approximate surface area is 199 Å². The van der Waals surface area contributed by atoms with E-state index in [-0.39, 0.29) is 29.0 Å². The Hall–Kier alpha value is -1.92. The zero-order chi connectivity index (χ0) is 23.4. The number of fused-ring (bicyclic) bond motifs is 1. The SMILES string of the molecule is COc1ccc(CC2SC(=S)NC2=O)c(F)c1-c1cc2c(cc1C)C(C)(C)CCC2(C)C. The number of thiocarbonyl (C=S) groups is 1. The largest absolute Gasteiger partial charge is 0.496 e. The van der Waals surface area contributed by atoms with Crippen LogP contribution >= 0.6 is 24.0 Å². The normalized spacial score (nSPS) is 21.3. The number of halogens is 1. The molecule has 0 spiro atoms. The Bertz CT molecular complexity index is 1120. The molecule has 2 aliphatic rings. The molecule has 1 aliphatic carbocycles. The first-order valence-corrected chi connectivity index (χ1v) is 12.3. The number of hydrogen-bond acceptors (Lipinski definition) is 4. The highest BCUT2D eigenvalue weighted by Crippen LogP contribution is 2.49. The van der Waals surface area contributed by atoms with Crippen LogP contribution in [-0.4, -0.2) is 22.6 Å². The molecule has 0 saturated carbocycles. The molecule has 170 valence electrons. The van der Waals surface area contributed by atoms with Crippen LogP contribution in [0.4, 0.5) is 4.39 Å². The lowest BCUT2D eigenvalue weighted by Crippen LogP contribution is -2.34. The van der Waals surface area contributed by atoms with Crippen LogP contribution in [0.1, 0.15) is 62.8 Å². The molecule has 4 rings (SSSR count). The van der Waals surface area contributed by atoms with Gasteiger partial charge in [0.25, 0.3) is 0 Å². The van der Waals surface area contributed by atoms with E-state index in [1.54, 1.807) is 19.2 Å². The molecule has 1 atom stereocenters. The first-order chi connectivity index (χ1) is 14.9. The van der Waals surface area contributed by atoms with Crippen LogP contribution < -0.4 is 10.1 Å². The molecule has 1 N–H and O–H groups in total. The van der Waals surface area contributed by atoms with E-state index in [1.807, 2.05) is 6.92 Å². The van der Waals surface area contributed by atoms with Crippen molar-refractivity contribution < 1.29 is 13.9 Å². The van der Waals surface area contributed by atoms with Gasteiger partial charge in [0, 0.05) is 0 Å². The van der Waals surface area contributed by atoms with Gasteiger partial charge < -0.3 is 10.1 Å². The lowest BCUT2D eigenvalue weighted by atomic mass is 9.62. The quantitative estimate of drug-likeness (QED) is 0.538. The van der Waals surface area contributed by atoms with Crippen molar-refractivity contribution in [3.63, 3.8) is 0 Å². The monoisotopic (exact) mass is 471 g/mol. The highest BCUT2D eigenvalue weighted by atomic mass is 32.2. The standard InChI is InChI=1S/C26H30FNO2S2/c1-14-11-17-18(26(4,5)10-9-25(17,2)3)13-16(14)21-19(30-6)8-7-15(22(21)27)12-20-23(29)28-24(31)32-20/h7-8,11,13,20H,9-10,12H2,1-6H3,(H,28,29,31). The van der Waals surface area contributed by atoms with E-state index >= 15 is 4.39 Å². The Balaban J connectivity index is 1.86. The van der Waals surface area contributed by atoms with Gasteiger partial charge in [-0.2, -0.15) is 0 Å². The summed E-state index contributed by atoms with van der Waals surface area (Å²) < 4.78 is 22.0. The summed E-state index contributed by atoms with van der Waals surface area (Å²) in [7, 11) is 1.57. The molecule has 3 nitrogen and oxygen atoms in total. The Kier molecular flexibility index (Phi) is 5.91. The van der Waals surface area contributed by atoms with Gasteiger partial charge in [0.15, 0.2) is 0 Å². The lowest BCUT2D eigenvalue weighted by molar-refractivity contribution is -0.118. The highest BCUT2D eigenvalue weighted by molar-refractivity contribution is 8.24. The van der Waals surface area contributed by atoms with Crippen LogP contribution in [0.5, 0.6) is 5.75 Å². The predicted molar refractivity (Wildman–Crippen MR) is 134 cm³/mol. The number of rotatable bonds is 4. The van der Waals surface area contributed by atoms with Crippen LogP contribution in [0.3, 0.4) is 0 Å². The van der Waals surface area contributed by atoms with Gasteiger partial charge in [0.2, 0.25) is 5.91 Å². The summed E-state index contributed by atoms with van der Waals surface area (Å²) in [6.07, 6.45) is 2.49. The van der Waals surface area contributed by atoms with E-state index in [2.05, 4.69) is 45.1 Å². The molecule has 1 aliphatic heterocycles. The number of carbonyl (C=O) groups is 1. The molecule has 2 aromatic carbocycles. The van der Waals surface area contributed by atoms with Gasteiger partial charge in [0.05, 0.1) is 17.9 Å². The molecule has 0 aromatic heterocycles. The molecule has 2 aromatic rings. The number of aryl methyl sites for hydroxylation is 1. The van der Waals surface area contributed by atoms with E-state index in [0.29, 0.717) is 21.2 Å². The molecule has 32 heavy (non-hydrogen) atoms. The summed E-state index contributed by atoms with van der Waals surface area (Å²) in [6, 6.07) is 7.92. The number of hydrogen-bond donors (Lipinski definition) is 1. The van der Waals surface area contributed by atoms with E-state index in [9.17, 15) is 4.79 Å². The number of carbonyl (C=O) groups excluding carboxylic acids is 1. The third-order valence-electron chi connectivity index (χ3n) is 7.04. The fourth-order valence-electron chi connectivity index (χ4n) is 4.90. The van der Waals surface area contributed by atoms with Crippen molar-refractivity contribution in [1.82, 2.24) is 5.32 Å². The smallest absolute Gasteiger partial charge is 0.239 e. The van der Waals surface area contributed by atoms with Gasteiger partial charge in [0.1, 0.15) is 15.9 Å². The third kappa shape index (κ3) is 3.96. The molecular formula is C26H30FNO2S2. The third-order valence-corrected chi connectivity index (χ3v) is 8.42. The number of thioether (sulfide) groups is 1. The average Bonchev–Trinajstić information content (AvgIpc) is 3.04. The first-order valence-electron chi connectivity index (χ1n) is 11.0. The minimum Gasteiger partial charge on any atom is -0.496 e. The number of ether oxygens (including phenoxy) is 1. The van der Waals surface area contributed by atoms with Gasteiger partial charge in [-0.15, -0.1) is 0 Å². The molecule has 6 heteroatoms. The van der Waals surface area contributed by atoms with E-state index in [0.717, 1.165) is 24.0 Å². The average molecular weight is 472 g/mol. The van der Waals surface area contributed by atoms with Crippen molar-refractivity contribution in [3.05, 3.63) is 52.3 Å². The summed E-state index contributed by atoms with van der Waals surface area (Å²) in [4.78, 5) is 12.2. The van der Waals surface area contributed by atoms with Crippen molar-refractivity contribution in [1.29, 1.82) is 0 Å². The van der Waals surface area contributed by atoms with Crippen molar-refractivity contribution in [2.45, 2.75) is 70.0 Å².